The van der Waals surface area contributed by atoms with Gasteiger partial charge in [0.1, 0.15) is 0 Å². The minimum Gasteiger partial charge on any atom is -0.356 e. The number of rotatable bonds is 3. The number of allylic oxidation sites excluding steroid dienone is 2. The topological polar surface area (TPSA) is 0 Å². The molecule has 0 N–H and O–H groups in total. The number of hydrogen-bond donors (Lipinski definition) is 0. The van der Waals surface area contributed by atoms with Crippen LogP contribution in [0.4, 0.5) is 0 Å². The monoisotopic (exact) mass is 562 g/mol. The summed E-state index contributed by atoms with van der Waals surface area (Å²) < 4.78 is 0. The second-order valence-corrected chi connectivity index (χ2v) is 10.5. The molecule has 0 heterocycles. The molecule has 0 spiro atoms. The van der Waals surface area contributed by atoms with Crippen molar-refractivity contribution in [2.24, 2.45) is 16.7 Å². The molecule has 0 unspecified atom stereocenters. The van der Waals surface area contributed by atoms with E-state index in [1.165, 1.54) is 11.1 Å². The molecule has 2 heteroatoms. The van der Waals surface area contributed by atoms with Gasteiger partial charge in [0.15, 0.2) is 0 Å². The Morgan fingerprint density at radius 1 is 0.800 bits per heavy atom. The summed E-state index contributed by atoms with van der Waals surface area (Å²) in [7, 11) is 0. The van der Waals surface area contributed by atoms with E-state index in [1.807, 2.05) is 6.08 Å². The maximum Gasteiger partial charge on any atom is 0 e. The zero-order valence-electron chi connectivity index (χ0n) is 21.6. The summed E-state index contributed by atoms with van der Waals surface area (Å²) in [5.41, 5.74) is 3.66. The maximum absolute atomic E-state index is 3.88. The molecule has 1 aromatic carbocycles. The van der Waals surface area contributed by atoms with Crippen LogP contribution in [0.3, 0.4) is 0 Å². The molecule has 2 radical (unpaired) electrons. The normalized spacial score (nSPS) is 11.8. The predicted molar refractivity (Wildman–Crippen MR) is 131 cm³/mol. The molecular formula is C28H48Y2-4. The van der Waals surface area contributed by atoms with Crippen molar-refractivity contribution in [3.8, 4) is 0 Å². The Kier molecular flexibility index (Phi) is 23.6. The molecule has 0 amide bonds. The van der Waals surface area contributed by atoms with Gasteiger partial charge in [-0.3, -0.25) is 0 Å². The zero-order chi connectivity index (χ0) is 22.6. The van der Waals surface area contributed by atoms with E-state index in [9.17, 15) is 0 Å². The van der Waals surface area contributed by atoms with Gasteiger partial charge in [-0.05, 0) is 16.4 Å². The summed E-state index contributed by atoms with van der Waals surface area (Å²) >= 11 is 0. The zero-order valence-corrected chi connectivity index (χ0v) is 27.3. The summed E-state index contributed by atoms with van der Waals surface area (Å²) in [5, 5.41) is 0. The van der Waals surface area contributed by atoms with Gasteiger partial charge in [-0.1, -0.05) is 104 Å². The summed E-state index contributed by atoms with van der Waals surface area (Å²) in [5.74, 6) is 0.678. The van der Waals surface area contributed by atoms with Gasteiger partial charge in [-0.15, -0.1) is 0 Å². The van der Waals surface area contributed by atoms with Gasteiger partial charge in [0.25, 0.3) is 0 Å². The fraction of sp³-hybridized carbons (Fsp3) is 0.571. The predicted octanol–water partition coefficient (Wildman–Crippen LogP) is 9.09. The van der Waals surface area contributed by atoms with E-state index in [0.717, 1.165) is 19.3 Å². The van der Waals surface area contributed by atoms with E-state index >= 15 is 0 Å². The average molecular weight is 563 g/mol. The minimum absolute atomic E-state index is 0. The van der Waals surface area contributed by atoms with Crippen molar-refractivity contribution < 1.29 is 65.4 Å². The molecule has 0 saturated heterocycles. The van der Waals surface area contributed by atoms with Crippen LogP contribution in [0.15, 0.2) is 42.0 Å². The molecular weight excluding hydrogens is 514 g/mol. The molecule has 1 aromatic rings. The van der Waals surface area contributed by atoms with Crippen molar-refractivity contribution in [2.45, 2.75) is 87.0 Å². The van der Waals surface area contributed by atoms with Crippen molar-refractivity contribution in [3.05, 3.63) is 75.2 Å². The van der Waals surface area contributed by atoms with Crippen LogP contribution in [0, 0.1) is 44.4 Å². The third-order valence-corrected chi connectivity index (χ3v) is 5.04. The van der Waals surface area contributed by atoms with Crippen molar-refractivity contribution in [2.75, 3.05) is 0 Å². The van der Waals surface area contributed by atoms with Crippen LogP contribution in [0.1, 0.15) is 87.1 Å². The molecule has 0 aromatic heterocycles. The summed E-state index contributed by atoms with van der Waals surface area (Å²) in [6.45, 7) is 35.2. The Hall–Kier alpha value is 1.04. The van der Waals surface area contributed by atoms with Gasteiger partial charge >= 0.3 is 0 Å². The van der Waals surface area contributed by atoms with E-state index < -0.39 is 0 Å². The molecule has 0 fully saturated rings. The Balaban J connectivity index is -0.000000164. The van der Waals surface area contributed by atoms with Gasteiger partial charge in [-0.2, -0.15) is 12.8 Å². The minimum atomic E-state index is 0. The smallest absolute Gasteiger partial charge is 0 e. The SMILES string of the molecule is CC(C)(C)c1ccccc1.[CH2-]C=C(C[CH2-])C(C)(C)C.[CH2-]CC(C[CH2-])C(C)(C)C.[Y].[Y]. The van der Waals surface area contributed by atoms with Crippen LogP contribution in [0.25, 0.3) is 0 Å². The molecule has 0 atom stereocenters. The molecule has 170 valence electrons. The van der Waals surface area contributed by atoms with Crippen LogP contribution in [-0.2, 0) is 70.8 Å². The van der Waals surface area contributed by atoms with Gasteiger partial charge in [0, 0.05) is 65.4 Å². The molecule has 0 saturated carbocycles. The molecule has 30 heavy (non-hydrogen) atoms. The van der Waals surface area contributed by atoms with Crippen LogP contribution in [-0.4, -0.2) is 0 Å². The third-order valence-electron chi connectivity index (χ3n) is 5.04. The quantitative estimate of drug-likeness (QED) is 0.323. The number of benzene rings is 1. The second-order valence-electron chi connectivity index (χ2n) is 10.5. The molecule has 0 aliphatic carbocycles. The average Bonchev–Trinajstić information content (AvgIpc) is 2.56. The van der Waals surface area contributed by atoms with Gasteiger partial charge < -0.3 is 20.8 Å². The number of hydrogen-bond acceptors (Lipinski definition) is 0. The first-order valence-electron chi connectivity index (χ1n) is 10.6. The van der Waals surface area contributed by atoms with Crippen molar-refractivity contribution >= 4 is 0 Å². The van der Waals surface area contributed by atoms with E-state index in [4.69, 9.17) is 0 Å². The fourth-order valence-corrected chi connectivity index (χ4v) is 2.73. The van der Waals surface area contributed by atoms with E-state index in [0.29, 0.717) is 16.7 Å². The third kappa shape index (κ3) is 18.6. The molecule has 0 nitrogen and oxygen atoms in total. The second kappa shape index (κ2) is 18.5. The fourth-order valence-electron chi connectivity index (χ4n) is 2.73. The van der Waals surface area contributed by atoms with Crippen LogP contribution in [0.5, 0.6) is 0 Å². The molecule has 1 rings (SSSR count). The van der Waals surface area contributed by atoms with Crippen molar-refractivity contribution in [1.82, 2.24) is 0 Å². The standard InChI is InChI=1S/C10H14.C9H18.C9H16.2Y/c1-10(2,3)9-7-5-4-6-8-9;2*1-6-8(7-2)9(3,4)5;;/h4-8H,1-3H3;8H,1-2,6-7H2,3-5H3;6H,1-2,7H2,3-5H3;;/q;2*-2;;. The first kappa shape index (κ1) is 38.3. The largest absolute Gasteiger partial charge is 0.356 e. The molecule has 0 aliphatic rings. The van der Waals surface area contributed by atoms with Crippen molar-refractivity contribution in [1.29, 1.82) is 0 Å². The van der Waals surface area contributed by atoms with E-state index in [-0.39, 0.29) is 70.8 Å². The Morgan fingerprint density at radius 2 is 1.20 bits per heavy atom. The first-order chi connectivity index (χ1) is 12.6. The van der Waals surface area contributed by atoms with Gasteiger partial charge in [0.2, 0.25) is 0 Å². The van der Waals surface area contributed by atoms with Crippen molar-refractivity contribution in [3.63, 3.8) is 0 Å². The van der Waals surface area contributed by atoms with Crippen LogP contribution >= 0.6 is 0 Å². The van der Waals surface area contributed by atoms with Gasteiger partial charge in [0.05, 0.1) is 0 Å². The maximum atomic E-state index is 3.88. The Labute approximate surface area is 242 Å². The van der Waals surface area contributed by atoms with E-state index in [1.54, 1.807) is 0 Å². The first-order valence-corrected chi connectivity index (χ1v) is 10.6. The molecule has 0 bridgehead atoms. The summed E-state index contributed by atoms with van der Waals surface area (Å²) in [4.78, 5) is 0. The Morgan fingerprint density at radius 3 is 1.30 bits per heavy atom. The molecule has 0 aliphatic heterocycles. The van der Waals surface area contributed by atoms with E-state index in [2.05, 4.69) is 120 Å². The van der Waals surface area contributed by atoms with Gasteiger partial charge in [-0.25, -0.2) is 25.0 Å². The Bertz CT molecular complexity index is 518. The van der Waals surface area contributed by atoms with Crippen LogP contribution < -0.4 is 0 Å². The van der Waals surface area contributed by atoms with Crippen LogP contribution in [0.2, 0.25) is 0 Å². The summed E-state index contributed by atoms with van der Waals surface area (Å²) in [6.07, 6.45) is 4.79. The summed E-state index contributed by atoms with van der Waals surface area (Å²) in [6, 6.07) is 10.6.